The molecule has 1 aromatic carbocycles. The second kappa shape index (κ2) is 9.45. The van der Waals surface area contributed by atoms with Crippen LogP contribution in [0, 0.1) is 0 Å². The molecule has 150 valence electrons. The third kappa shape index (κ3) is 5.63. The van der Waals surface area contributed by atoms with Crippen molar-refractivity contribution in [2.45, 2.75) is 58.0 Å². The summed E-state index contributed by atoms with van der Waals surface area (Å²) in [6.07, 6.45) is 2.85. The van der Waals surface area contributed by atoms with Crippen molar-refractivity contribution in [2.75, 3.05) is 17.2 Å². The van der Waals surface area contributed by atoms with Crippen LogP contribution in [-0.4, -0.2) is 34.7 Å². The number of benzene rings is 1. The molecule has 0 unspecified atom stereocenters. The summed E-state index contributed by atoms with van der Waals surface area (Å²) in [7, 11) is 0. The molecule has 2 N–H and O–H groups in total. The van der Waals surface area contributed by atoms with Gasteiger partial charge in [0.2, 0.25) is 11.8 Å². The lowest BCUT2D eigenvalue weighted by molar-refractivity contribution is -0.124. The number of anilines is 2. The normalized spacial score (nSPS) is 16.3. The summed E-state index contributed by atoms with van der Waals surface area (Å²) in [5.74, 6) is 1.25. The lowest BCUT2D eigenvalue weighted by Crippen LogP contribution is -2.26. The molecule has 0 saturated carbocycles. The molecule has 0 radical (unpaired) electrons. The molecule has 1 aliphatic rings. The summed E-state index contributed by atoms with van der Waals surface area (Å²) in [6.45, 7) is 4.64. The number of aryl methyl sites for hydroxylation is 1. The summed E-state index contributed by atoms with van der Waals surface area (Å²) in [6, 6.07) is 7.04. The first kappa shape index (κ1) is 20.0. The van der Waals surface area contributed by atoms with Crippen molar-refractivity contribution in [1.29, 1.82) is 0 Å². The molecular formula is C20H26N4O4. The van der Waals surface area contributed by atoms with E-state index in [1.807, 2.05) is 13.8 Å². The van der Waals surface area contributed by atoms with Gasteiger partial charge < -0.3 is 19.9 Å². The van der Waals surface area contributed by atoms with Crippen LogP contribution in [0.15, 0.2) is 28.8 Å². The second-order valence-electron chi connectivity index (χ2n) is 7.17. The standard InChI is InChI=1S/C20H26N4O4/c1-13(2)19-23-18(28-24-19)7-3-6-17(25)21-14-8-10-15(11-9-14)22-20(26)16-5-4-12-27-16/h8-11,13,16H,3-7,12H2,1-2H3,(H,21,25)(H,22,26)/t16-/m1/s1. The van der Waals surface area contributed by atoms with E-state index in [9.17, 15) is 9.59 Å². The molecule has 2 aromatic rings. The molecule has 2 heterocycles. The monoisotopic (exact) mass is 386 g/mol. The van der Waals surface area contributed by atoms with Crippen LogP contribution in [0.1, 0.15) is 57.2 Å². The predicted octanol–water partition coefficient (Wildman–Crippen LogP) is 3.27. The minimum atomic E-state index is -0.366. The highest BCUT2D eigenvalue weighted by Gasteiger charge is 2.23. The molecular weight excluding hydrogens is 360 g/mol. The Morgan fingerprint density at radius 1 is 1.18 bits per heavy atom. The van der Waals surface area contributed by atoms with Gasteiger partial charge in [0, 0.05) is 36.7 Å². The molecule has 1 atom stereocenters. The molecule has 28 heavy (non-hydrogen) atoms. The van der Waals surface area contributed by atoms with Crippen molar-refractivity contribution < 1.29 is 18.8 Å². The Balaban J connectivity index is 1.40. The van der Waals surface area contributed by atoms with Crippen LogP contribution in [0.3, 0.4) is 0 Å². The Morgan fingerprint density at radius 2 is 1.89 bits per heavy atom. The molecule has 8 nitrogen and oxygen atoms in total. The van der Waals surface area contributed by atoms with E-state index < -0.39 is 0 Å². The fourth-order valence-corrected chi connectivity index (χ4v) is 2.87. The largest absolute Gasteiger partial charge is 0.368 e. The maximum Gasteiger partial charge on any atom is 0.253 e. The molecule has 1 aromatic heterocycles. The quantitative estimate of drug-likeness (QED) is 0.721. The zero-order valence-corrected chi connectivity index (χ0v) is 16.2. The number of aromatic nitrogens is 2. The van der Waals surface area contributed by atoms with E-state index >= 15 is 0 Å². The smallest absolute Gasteiger partial charge is 0.253 e. The summed E-state index contributed by atoms with van der Waals surface area (Å²) < 4.78 is 10.5. The predicted molar refractivity (Wildman–Crippen MR) is 104 cm³/mol. The maximum atomic E-state index is 12.1. The van der Waals surface area contributed by atoms with Gasteiger partial charge in [0.15, 0.2) is 5.82 Å². The molecule has 0 spiro atoms. The van der Waals surface area contributed by atoms with Gasteiger partial charge in [0.05, 0.1) is 0 Å². The van der Waals surface area contributed by atoms with E-state index in [0.717, 1.165) is 12.8 Å². The molecule has 1 saturated heterocycles. The zero-order valence-electron chi connectivity index (χ0n) is 16.2. The topological polar surface area (TPSA) is 106 Å². The van der Waals surface area contributed by atoms with Crippen LogP contribution in [-0.2, 0) is 20.7 Å². The Hall–Kier alpha value is -2.74. The van der Waals surface area contributed by atoms with Crippen LogP contribution >= 0.6 is 0 Å². The summed E-state index contributed by atoms with van der Waals surface area (Å²) in [4.78, 5) is 28.4. The number of carbonyl (C=O) groups excluding carboxylic acids is 2. The molecule has 1 aliphatic heterocycles. The van der Waals surface area contributed by atoms with Crippen molar-refractivity contribution in [3.8, 4) is 0 Å². The number of nitrogens with zero attached hydrogens (tertiary/aromatic N) is 2. The summed E-state index contributed by atoms with van der Waals surface area (Å²) in [5.41, 5.74) is 1.36. The molecule has 0 aliphatic carbocycles. The van der Waals surface area contributed by atoms with Gasteiger partial charge in [-0.3, -0.25) is 9.59 Å². The van der Waals surface area contributed by atoms with Gasteiger partial charge in [-0.05, 0) is 43.5 Å². The van der Waals surface area contributed by atoms with E-state index in [1.165, 1.54) is 0 Å². The number of amides is 2. The van der Waals surface area contributed by atoms with Gasteiger partial charge in [0.1, 0.15) is 6.10 Å². The molecule has 8 heteroatoms. The highest BCUT2D eigenvalue weighted by atomic mass is 16.5. The highest BCUT2D eigenvalue weighted by Crippen LogP contribution is 2.18. The van der Waals surface area contributed by atoms with Crippen molar-refractivity contribution >= 4 is 23.2 Å². The third-order valence-electron chi connectivity index (χ3n) is 4.45. The SMILES string of the molecule is CC(C)c1noc(CCCC(=O)Nc2ccc(NC(=O)[C@H]3CCCO3)cc2)n1. The first-order chi connectivity index (χ1) is 13.5. The molecule has 0 bridgehead atoms. The second-order valence-corrected chi connectivity index (χ2v) is 7.17. The lowest BCUT2D eigenvalue weighted by atomic mass is 10.2. The number of ether oxygens (including phenoxy) is 1. The van der Waals surface area contributed by atoms with Crippen molar-refractivity contribution in [1.82, 2.24) is 10.1 Å². The number of hydrogen-bond donors (Lipinski definition) is 2. The Labute approximate surface area is 164 Å². The van der Waals surface area contributed by atoms with E-state index in [2.05, 4.69) is 20.8 Å². The number of nitrogens with one attached hydrogen (secondary N) is 2. The van der Waals surface area contributed by atoms with Crippen molar-refractivity contribution in [3.63, 3.8) is 0 Å². The maximum absolute atomic E-state index is 12.1. The Kier molecular flexibility index (Phi) is 6.76. The van der Waals surface area contributed by atoms with Gasteiger partial charge in [-0.2, -0.15) is 4.98 Å². The van der Waals surface area contributed by atoms with Gasteiger partial charge in [-0.25, -0.2) is 0 Å². The van der Waals surface area contributed by atoms with Crippen LogP contribution < -0.4 is 10.6 Å². The van der Waals surface area contributed by atoms with Gasteiger partial charge >= 0.3 is 0 Å². The van der Waals surface area contributed by atoms with Crippen molar-refractivity contribution in [2.24, 2.45) is 0 Å². The first-order valence-corrected chi connectivity index (χ1v) is 9.66. The van der Waals surface area contributed by atoms with E-state index in [-0.39, 0.29) is 23.8 Å². The lowest BCUT2D eigenvalue weighted by Gasteiger charge is -2.11. The fourth-order valence-electron chi connectivity index (χ4n) is 2.87. The molecule has 3 rings (SSSR count). The van der Waals surface area contributed by atoms with Crippen LogP contribution in [0.4, 0.5) is 11.4 Å². The Morgan fingerprint density at radius 3 is 2.50 bits per heavy atom. The minimum absolute atomic E-state index is 0.0836. The van der Waals surface area contributed by atoms with E-state index in [1.54, 1.807) is 24.3 Å². The minimum Gasteiger partial charge on any atom is -0.368 e. The van der Waals surface area contributed by atoms with Crippen LogP contribution in [0.2, 0.25) is 0 Å². The average Bonchev–Trinajstić information content (AvgIpc) is 3.35. The summed E-state index contributed by atoms with van der Waals surface area (Å²) >= 11 is 0. The number of hydrogen-bond acceptors (Lipinski definition) is 6. The van der Waals surface area contributed by atoms with E-state index in [0.29, 0.717) is 49.0 Å². The highest BCUT2D eigenvalue weighted by molar-refractivity contribution is 5.95. The van der Waals surface area contributed by atoms with Crippen LogP contribution in [0.5, 0.6) is 0 Å². The molecule has 2 amide bonds. The van der Waals surface area contributed by atoms with Gasteiger partial charge in [-0.1, -0.05) is 19.0 Å². The first-order valence-electron chi connectivity index (χ1n) is 9.66. The number of rotatable bonds is 8. The third-order valence-corrected chi connectivity index (χ3v) is 4.45. The number of carbonyl (C=O) groups is 2. The average molecular weight is 386 g/mol. The fraction of sp³-hybridized carbons (Fsp3) is 0.500. The Bertz CT molecular complexity index is 795. The van der Waals surface area contributed by atoms with Gasteiger partial charge in [0.25, 0.3) is 5.91 Å². The van der Waals surface area contributed by atoms with E-state index in [4.69, 9.17) is 9.26 Å². The summed E-state index contributed by atoms with van der Waals surface area (Å²) in [5, 5.41) is 9.58. The zero-order chi connectivity index (χ0) is 19.9. The van der Waals surface area contributed by atoms with Gasteiger partial charge in [-0.15, -0.1) is 0 Å². The molecule has 1 fully saturated rings. The van der Waals surface area contributed by atoms with Crippen molar-refractivity contribution in [3.05, 3.63) is 36.0 Å². The van der Waals surface area contributed by atoms with Crippen LogP contribution in [0.25, 0.3) is 0 Å².